The second-order valence-electron chi connectivity index (χ2n) is 7.68. The van der Waals surface area contributed by atoms with Crippen molar-refractivity contribution in [2.45, 2.75) is 44.7 Å². The van der Waals surface area contributed by atoms with Gasteiger partial charge in [-0.2, -0.15) is 0 Å². The van der Waals surface area contributed by atoms with Crippen molar-refractivity contribution in [1.29, 1.82) is 0 Å². The molecule has 0 bridgehead atoms. The maximum absolute atomic E-state index is 13.9. The number of benzene rings is 1. The van der Waals surface area contributed by atoms with Gasteiger partial charge in [-0.05, 0) is 37.8 Å². The van der Waals surface area contributed by atoms with Gasteiger partial charge in [0.1, 0.15) is 5.82 Å². The van der Waals surface area contributed by atoms with Gasteiger partial charge in [-0.25, -0.2) is 4.39 Å². The molecule has 3 rings (SSSR count). The number of rotatable bonds is 3. The summed E-state index contributed by atoms with van der Waals surface area (Å²) in [7, 11) is 0. The molecule has 1 aromatic rings. The van der Waals surface area contributed by atoms with Crippen molar-refractivity contribution < 1.29 is 14.0 Å². The largest absolute Gasteiger partial charge is 0.369 e. The fourth-order valence-corrected chi connectivity index (χ4v) is 3.98. The summed E-state index contributed by atoms with van der Waals surface area (Å²) in [6.45, 7) is 3.89. The van der Waals surface area contributed by atoms with Crippen LogP contribution in [0, 0.1) is 11.7 Å². The number of likely N-dealkylation sites (tertiary alicyclic amines) is 1. The number of amides is 2. The van der Waals surface area contributed by atoms with Crippen molar-refractivity contribution in [2.24, 2.45) is 11.7 Å². The second-order valence-corrected chi connectivity index (χ2v) is 7.68. The monoisotopic (exact) mass is 376 g/mol. The Morgan fingerprint density at radius 2 is 1.81 bits per heavy atom. The fraction of sp³-hybridized carbons (Fsp3) is 0.600. The van der Waals surface area contributed by atoms with Gasteiger partial charge in [0.05, 0.1) is 11.6 Å². The van der Waals surface area contributed by atoms with E-state index in [0.717, 1.165) is 19.3 Å². The van der Waals surface area contributed by atoms with Gasteiger partial charge in [0, 0.05) is 45.2 Å². The average Bonchev–Trinajstić information content (AvgIpc) is 2.85. The standard InChI is InChI=1S/C20H29FN4O2/c1-14(26)25-12-15(6-7-16(22)13-25)20(27)23-17-8-10-24(11-9-17)19-5-3-2-4-18(19)21/h2-5,15-17H,6-13,22H2,1H3,(H,23,27)/t15-,16+/m1/s1. The zero-order chi connectivity index (χ0) is 19.4. The Kier molecular flexibility index (Phi) is 6.31. The van der Waals surface area contributed by atoms with Crippen LogP contribution >= 0.6 is 0 Å². The summed E-state index contributed by atoms with van der Waals surface area (Å²) in [5.41, 5.74) is 6.65. The third kappa shape index (κ3) is 4.97. The van der Waals surface area contributed by atoms with Gasteiger partial charge in [-0.1, -0.05) is 12.1 Å². The zero-order valence-electron chi connectivity index (χ0n) is 15.9. The second kappa shape index (κ2) is 8.69. The van der Waals surface area contributed by atoms with Gasteiger partial charge in [0.15, 0.2) is 0 Å². The first-order valence-electron chi connectivity index (χ1n) is 9.75. The molecule has 7 heteroatoms. The van der Waals surface area contributed by atoms with Crippen LogP contribution in [-0.4, -0.2) is 55.0 Å². The first-order chi connectivity index (χ1) is 12.9. The Morgan fingerprint density at radius 3 is 2.48 bits per heavy atom. The molecule has 27 heavy (non-hydrogen) atoms. The van der Waals surface area contributed by atoms with Crippen LogP contribution in [0.15, 0.2) is 24.3 Å². The molecule has 2 heterocycles. The lowest BCUT2D eigenvalue weighted by Gasteiger charge is -2.34. The van der Waals surface area contributed by atoms with Crippen molar-refractivity contribution in [3.63, 3.8) is 0 Å². The minimum Gasteiger partial charge on any atom is -0.369 e. The Morgan fingerprint density at radius 1 is 1.11 bits per heavy atom. The van der Waals surface area contributed by atoms with Crippen molar-refractivity contribution >= 4 is 17.5 Å². The molecule has 6 nitrogen and oxygen atoms in total. The van der Waals surface area contributed by atoms with Crippen LogP contribution in [0.4, 0.5) is 10.1 Å². The molecular weight excluding hydrogens is 347 g/mol. The lowest BCUT2D eigenvalue weighted by molar-refractivity contribution is -0.131. The maximum Gasteiger partial charge on any atom is 0.225 e. The summed E-state index contributed by atoms with van der Waals surface area (Å²) >= 11 is 0. The van der Waals surface area contributed by atoms with E-state index >= 15 is 0 Å². The number of piperidine rings is 1. The molecule has 2 aliphatic heterocycles. The molecule has 0 aliphatic carbocycles. The van der Waals surface area contributed by atoms with Crippen LogP contribution in [0.1, 0.15) is 32.6 Å². The molecule has 2 saturated heterocycles. The highest BCUT2D eigenvalue weighted by Gasteiger charge is 2.30. The smallest absolute Gasteiger partial charge is 0.225 e. The Hall–Kier alpha value is -2.15. The highest BCUT2D eigenvalue weighted by atomic mass is 19.1. The quantitative estimate of drug-likeness (QED) is 0.838. The van der Waals surface area contributed by atoms with E-state index in [-0.39, 0.29) is 35.6 Å². The first kappa shape index (κ1) is 19.6. The Bertz CT molecular complexity index is 676. The number of nitrogens with zero attached hydrogens (tertiary/aromatic N) is 2. The summed E-state index contributed by atoms with van der Waals surface area (Å²) in [4.78, 5) is 28.2. The summed E-state index contributed by atoms with van der Waals surface area (Å²) < 4.78 is 13.9. The van der Waals surface area contributed by atoms with Gasteiger partial charge >= 0.3 is 0 Å². The number of nitrogens with two attached hydrogens (primary N) is 1. The van der Waals surface area contributed by atoms with E-state index < -0.39 is 0 Å². The normalized spacial score (nSPS) is 24.4. The molecule has 2 amide bonds. The minimum absolute atomic E-state index is 0.000285. The summed E-state index contributed by atoms with van der Waals surface area (Å²) in [5, 5.41) is 3.14. The molecule has 2 aliphatic rings. The predicted octanol–water partition coefficient (Wildman–Crippen LogP) is 1.50. The number of para-hydroxylation sites is 1. The van der Waals surface area contributed by atoms with E-state index in [2.05, 4.69) is 5.32 Å². The number of hydrogen-bond acceptors (Lipinski definition) is 4. The first-order valence-corrected chi connectivity index (χ1v) is 9.75. The number of nitrogens with one attached hydrogen (secondary N) is 1. The average molecular weight is 376 g/mol. The molecule has 0 saturated carbocycles. The molecule has 2 fully saturated rings. The van der Waals surface area contributed by atoms with Crippen molar-refractivity contribution in [2.75, 3.05) is 31.1 Å². The SMILES string of the molecule is CC(=O)N1C[C@@H](N)CC[C@@H](C(=O)NC2CCN(c3ccccc3F)CC2)C1. The van der Waals surface area contributed by atoms with Gasteiger partial charge in [-0.15, -0.1) is 0 Å². The lowest BCUT2D eigenvalue weighted by atomic mass is 9.98. The van der Waals surface area contributed by atoms with Crippen molar-refractivity contribution in [3.8, 4) is 0 Å². The minimum atomic E-state index is -0.216. The predicted molar refractivity (Wildman–Crippen MR) is 103 cm³/mol. The topological polar surface area (TPSA) is 78.7 Å². The fourth-order valence-electron chi connectivity index (χ4n) is 3.98. The summed E-state index contributed by atoms with van der Waals surface area (Å²) in [5.74, 6) is -0.464. The van der Waals surface area contributed by atoms with Gasteiger partial charge in [0.25, 0.3) is 0 Å². The van der Waals surface area contributed by atoms with Gasteiger partial charge in [-0.3, -0.25) is 9.59 Å². The van der Waals surface area contributed by atoms with Crippen molar-refractivity contribution in [1.82, 2.24) is 10.2 Å². The number of hydrogen-bond donors (Lipinski definition) is 2. The Labute approximate surface area is 159 Å². The lowest BCUT2D eigenvalue weighted by Crippen LogP contribution is -2.48. The van der Waals surface area contributed by atoms with Crippen LogP contribution in [0.25, 0.3) is 0 Å². The summed E-state index contributed by atoms with van der Waals surface area (Å²) in [6.07, 6.45) is 3.00. The van der Waals surface area contributed by atoms with Crippen LogP contribution in [0.3, 0.4) is 0 Å². The third-order valence-corrected chi connectivity index (χ3v) is 5.63. The van der Waals surface area contributed by atoms with E-state index in [9.17, 15) is 14.0 Å². The van der Waals surface area contributed by atoms with E-state index in [0.29, 0.717) is 38.3 Å². The van der Waals surface area contributed by atoms with Crippen molar-refractivity contribution in [3.05, 3.63) is 30.1 Å². The molecule has 2 atom stereocenters. The molecular formula is C20H29FN4O2. The maximum atomic E-state index is 13.9. The number of halogens is 1. The molecule has 0 radical (unpaired) electrons. The van der Waals surface area contributed by atoms with E-state index in [1.54, 1.807) is 17.0 Å². The zero-order valence-corrected chi connectivity index (χ0v) is 15.9. The van der Waals surface area contributed by atoms with E-state index in [1.165, 1.54) is 13.0 Å². The number of carbonyl (C=O) groups excluding carboxylic acids is 2. The molecule has 0 spiro atoms. The van der Waals surface area contributed by atoms with Gasteiger partial charge < -0.3 is 20.9 Å². The number of anilines is 1. The molecule has 3 N–H and O–H groups in total. The number of carbonyl (C=O) groups is 2. The van der Waals surface area contributed by atoms with Crippen LogP contribution in [-0.2, 0) is 9.59 Å². The van der Waals surface area contributed by atoms with Crippen LogP contribution in [0.5, 0.6) is 0 Å². The van der Waals surface area contributed by atoms with Crippen LogP contribution in [0.2, 0.25) is 0 Å². The van der Waals surface area contributed by atoms with E-state index in [4.69, 9.17) is 5.73 Å². The highest BCUT2D eigenvalue weighted by Crippen LogP contribution is 2.23. The highest BCUT2D eigenvalue weighted by molar-refractivity contribution is 5.80. The van der Waals surface area contributed by atoms with Gasteiger partial charge in [0.2, 0.25) is 11.8 Å². The third-order valence-electron chi connectivity index (χ3n) is 5.63. The molecule has 0 unspecified atom stereocenters. The van der Waals surface area contributed by atoms with Crippen LogP contribution < -0.4 is 16.0 Å². The molecule has 0 aromatic heterocycles. The Balaban J connectivity index is 1.53. The van der Waals surface area contributed by atoms with E-state index in [1.807, 2.05) is 11.0 Å². The molecule has 1 aromatic carbocycles. The summed E-state index contributed by atoms with van der Waals surface area (Å²) in [6, 6.07) is 6.80. The molecule has 148 valence electrons.